The first-order valence-electron chi connectivity index (χ1n) is 10.4. The van der Waals surface area contributed by atoms with Gasteiger partial charge in [-0.05, 0) is 41.3 Å². The van der Waals surface area contributed by atoms with Crippen LogP contribution in [0.25, 0.3) is 44.1 Å². The van der Waals surface area contributed by atoms with Gasteiger partial charge in [0.15, 0.2) is 0 Å². The molecule has 4 heterocycles. The molecule has 0 unspecified atom stereocenters. The van der Waals surface area contributed by atoms with Crippen LogP contribution in [0.15, 0.2) is 89.9 Å². The number of nitrogens with zero attached hydrogens (tertiary/aromatic N) is 3. The topological polar surface area (TPSA) is 76.1 Å². The van der Waals surface area contributed by atoms with Crippen molar-refractivity contribution in [3.05, 3.63) is 91.0 Å². The van der Waals surface area contributed by atoms with Crippen LogP contribution in [0.3, 0.4) is 0 Å². The number of benzene rings is 2. The summed E-state index contributed by atoms with van der Waals surface area (Å²) >= 11 is 0. The Morgan fingerprint density at radius 2 is 1.85 bits per heavy atom. The zero-order valence-corrected chi connectivity index (χ0v) is 17.2. The fourth-order valence-electron chi connectivity index (χ4n) is 4.19. The summed E-state index contributed by atoms with van der Waals surface area (Å²) in [7, 11) is 0. The molecule has 6 aromatic rings. The summed E-state index contributed by atoms with van der Waals surface area (Å²) in [4.78, 5) is 8.80. The van der Waals surface area contributed by atoms with Gasteiger partial charge < -0.3 is 19.4 Å². The highest BCUT2D eigenvalue weighted by atomic mass is 16.3. The minimum Gasteiger partial charge on any atom is -0.456 e. The molecule has 0 aliphatic carbocycles. The Balaban J connectivity index is 0.00000228. The molecule has 164 valence electrons. The molecule has 0 radical (unpaired) electrons. The van der Waals surface area contributed by atoms with Crippen LogP contribution in [-0.4, -0.2) is 19.6 Å². The first kappa shape index (κ1) is 20.7. The Hall–Kier alpha value is -4.16. The van der Waals surface area contributed by atoms with Crippen molar-refractivity contribution < 1.29 is 9.52 Å². The van der Waals surface area contributed by atoms with Gasteiger partial charge in [0.05, 0.1) is 0 Å². The summed E-state index contributed by atoms with van der Waals surface area (Å²) in [5.74, 6) is 0.815. The zero-order valence-electron chi connectivity index (χ0n) is 17.2. The third-order valence-corrected chi connectivity index (χ3v) is 5.81. The van der Waals surface area contributed by atoms with Crippen molar-refractivity contribution in [3.63, 3.8) is 0 Å². The van der Waals surface area contributed by atoms with E-state index in [1.165, 1.54) is 0 Å². The SMILES string of the molecule is C.OCn1ccc2c(NCc3ccc4cncc(-c5cc6ccccc6o5)c4c3)ccnc21. The van der Waals surface area contributed by atoms with Gasteiger partial charge in [-0.3, -0.25) is 4.98 Å². The van der Waals surface area contributed by atoms with E-state index in [2.05, 4.69) is 45.6 Å². The number of aromatic nitrogens is 3. The summed E-state index contributed by atoms with van der Waals surface area (Å²) in [6.45, 7) is 0.560. The fraction of sp³-hybridized carbons (Fsp3) is 0.111. The minimum absolute atomic E-state index is 0. The van der Waals surface area contributed by atoms with Gasteiger partial charge in [0.1, 0.15) is 23.7 Å². The first-order chi connectivity index (χ1) is 15.8. The number of nitrogens with one attached hydrogen (secondary N) is 1. The largest absolute Gasteiger partial charge is 0.456 e. The molecule has 0 aliphatic heterocycles. The predicted octanol–water partition coefficient (Wildman–Crippen LogP) is 6.20. The Morgan fingerprint density at radius 1 is 0.939 bits per heavy atom. The second-order valence-electron chi connectivity index (χ2n) is 7.77. The molecule has 0 fully saturated rings. The average molecular weight is 437 g/mol. The van der Waals surface area contributed by atoms with Crippen molar-refractivity contribution in [3.8, 4) is 11.3 Å². The van der Waals surface area contributed by atoms with Gasteiger partial charge in [-0.1, -0.05) is 37.8 Å². The van der Waals surface area contributed by atoms with E-state index in [1.807, 2.05) is 48.9 Å². The molecule has 2 N–H and O–H groups in total. The molecule has 0 saturated heterocycles. The van der Waals surface area contributed by atoms with Gasteiger partial charge in [-0.25, -0.2) is 4.98 Å². The Kier molecular flexibility index (Phi) is 5.28. The Bertz CT molecular complexity index is 1550. The van der Waals surface area contributed by atoms with E-state index in [0.717, 1.165) is 55.3 Å². The van der Waals surface area contributed by atoms with Crippen molar-refractivity contribution in [2.24, 2.45) is 0 Å². The summed E-state index contributed by atoms with van der Waals surface area (Å²) in [5.41, 5.74) is 4.73. The molecular weight excluding hydrogens is 412 g/mol. The standard InChI is InChI=1S/C26H20N4O2.CH4/c31-16-30-10-8-20-23(7-9-28-26(20)30)29-13-17-5-6-19-14-27-15-22(21(19)11-17)25-12-18-3-1-2-4-24(18)32-25;/h1-12,14-15,31H,13,16H2,(H,28,29);1H4. The van der Waals surface area contributed by atoms with Crippen LogP contribution in [-0.2, 0) is 13.3 Å². The van der Waals surface area contributed by atoms with Gasteiger partial charge in [0, 0.05) is 58.7 Å². The molecule has 2 aromatic carbocycles. The molecule has 0 aliphatic rings. The van der Waals surface area contributed by atoms with Crippen LogP contribution >= 0.6 is 0 Å². The monoisotopic (exact) mass is 436 g/mol. The maximum atomic E-state index is 9.48. The molecule has 0 bridgehead atoms. The Morgan fingerprint density at radius 3 is 2.73 bits per heavy atom. The lowest BCUT2D eigenvalue weighted by atomic mass is 10.0. The van der Waals surface area contributed by atoms with E-state index < -0.39 is 0 Å². The molecule has 6 nitrogen and oxygen atoms in total. The predicted molar refractivity (Wildman–Crippen MR) is 133 cm³/mol. The maximum Gasteiger partial charge on any atom is 0.143 e. The number of para-hydroxylation sites is 1. The quantitative estimate of drug-likeness (QED) is 0.337. The highest BCUT2D eigenvalue weighted by Crippen LogP contribution is 2.33. The smallest absolute Gasteiger partial charge is 0.143 e. The highest BCUT2D eigenvalue weighted by Gasteiger charge is 2.11. The van der Waals surface area contributed by atoms with Gasteiger partial charge in [-0.2, -0.15) is 0 Å². The lowest BCUT2D eigenvalue weighted by Gasteiger charge is -2.10. The number of furan rings is 1. The molecule has 0 amide bonds. The number of anilines is 1. The van der Waals surface area contributed by atoms with Crippen LogP contribution in [0.1, 0.15) is 13.0 Å². The normalized spacial score (nSPS) is 11.2. The second kappa shape index (κ2) is 8.41. The van der Waals surface area contributed by atoms with Gasteiger partial charge in [0.2, 0.25) is 0 Å². The molecule has 0 atom stereocenters. The van der Waals surface area contributed by atoms with Crippen LogP contribution in [0, 0.1) is 0 Å². The van der Waals surface area contributed by atoms with E-state index in [0.29, 0.717) is 6.54 Å². The van der Waals surface area contributed by atoms with Gasteiger partial charge in [0.25, 0.3) is 0 Å². The first-order valence-corrected chi connectivity index (χ1v) is 10.4. The number of rotatable bonds is 5. The van der Waals surface area contributed by atoms with Gasteiger partial charge in [-0.15, -0.1) is 0 Å². The van der Waals surface area contributed by atoms with E-state index in [-0.39, 0.29) is 14.2 Å². The average Bonchev–Trinajstić information content (AvgIpc) is 3.46. The molecule has 6 heteroatoms. The third kappa shape index (κ3) is 3.60. The molecule has 4 aromatic heterocycles. The van der Waals surface area contributed by atoms with Crippen molar-refractivity contribution in [1.29, 1.82) is 0 Å². The lowest BCUT2D eigenvalue weighted by Crippen LogP contribution is -2.01. The van der Waals surface area contributed by atoms with Crippen molar-refractivity contribution in [2.45, 2.75) is 20.7 Å². The number of hydrogen-bond donors (Lipinski definition) is 2. The van der Waals surface area contributed by atoms with E-state index in [4.69, 9.17) is 4.42 Å². The number of hydrogen-bond acceptors (Lipinski definition) is 5. The lowest BCUT2D eigenvalue weighted by molar-refractivity contribution is 0.215. The molecule has 0 spiro atoms. The summed E-state index contributed by atoms with van der Waals surface area (Å²) < 4.78 is 7.82. The molecular formula is C27H24N4O2. The van der Waals surface area contributed by atoms with Crippen LogP contribution in [0.4, 0.5) is 5.69 Å². The fourth-order valence-corrected chi connectivity index (χ4v) is 4.19. The molecule has 0 saturated carbocycles. The number of aliphatic hydroxyl groups excluding tert-OH is 1. The van der Waals surface area contributed by atoms with E-state index in [9.17, 15) is 5.11 Å². The molecule has 6 rings (SSSR count). The van der Waals surface area contributed by atoms with E-state index in [1.54, 1.807) is 10.8 Å². The second-order valence-corrected chi connectivity index (χ2v) is 7.77. The van der Waals surface area contributed by atoms with Crippen molar-refractivity contribution in [1.82, 2.24) is 14.5 Å². The number of fused-ring (bicyclic) bond motifs is 3. The van der Waals surface area contributed by atoms with Crippen molar-refractivity contribution >= 4 is 38.5 Å². The van der Waals surface area contributed by atoms with Gasteiger partial charge >= 0.3 is 0 Å². The van der Waals surface area contributed by atoms with Crippen LogP contribution in [0.5, 0.6) is 0 Å². The third-order valence-electron chi connectivity index (χ3n) is 5.81. The summed E-state index contributed by atoms with van der Waals surface area (Å²) in [6, 6.07) is 20.4. The summed E-state index contributed by atoms with van der Waals surface area (Å²) in [6.07, 6.45) is 7.33. The molecule has 33 heavy (non-hydrogen) atoms. The maximum absolute atomic E-state index is 9.48. The number of pyridine rings is 2. The summed E-state index contributed by atoms with van der Waals surface area (Å²) in [5, 5.41) is 17.2. The Labute approximate surface area is 191 Å². The van der Waals surface area contributed by atoms with Crippen LogP contribution < -0.4 is 5.32 Å². The zero-order chi connectivity index (χ0) is 21.5. The van der Waals surface area contributed by atoms with Crippen molar-refractivity contribution in [2.75, 3.05) is 5.32 Å². The van der Waals surface area contributed by atoms with E-state index >= 15 is 0 Å². The highest BCUT2D eigenvalue weighted by molar-refractivity contribution is 5.97. The minimum atomic E-state index is -0.0940. The number of aliphatic hydroxyl groups is 1. The van der Waals surface area contributed by atoms with Crippen LogP contribution in [0.2, 0.25) is 0 Å².